The Kier molecular flexibility index (Phi) is 5.58. The molecule has 0 fully saturated rings. The molecule has 6 nitrogen and oxygen atoms in total. The van der Waals surface area contributed by atoms with E-state index < -0.39 is 0 Å². The molecule has 4 aromatic rings. The minimum Gasteiger partial charge on any atom is -0.489 e. The number of hydrogen-bond donors (Lipinski definition) is 1. The van der Waals surface area contributed by atoms with Gasteiger partial charge in [0.05, 0.1) is 17.0 Å². The van der Waals surface area contributed by atoms with Gasteiger partial charge in [-0.25, -0.2) is 9.37 Å². The van der Waals surface area contributed by atoms with Gasteiger partial charge in [-0.05, 0) is 50.2 Å². The summed E-state index contributed by atoms with van der Waals surface area (Å²) in [6.07, 6.45) is 0. The molecule has 0 saturated carbocycles. The van der Waals surface area contributed by atoms with Gasteiger partial charge in [0, 0.05) is 16.5 Å². The van der Waals surface area contributed by atoms with E-state index in [1.54, 1.807) is 41.8 Å². The van der Waals surface area contributed by atoms with E-state index >= 15 is 0 Å². The molecule has 2 heterocycles. The van der Waals surface area contributed by atoms with Gasteiger partial charge in [0.15, 0.2) is 5.13 Å². The van der Waals surface area contributed by atoms with E-state index in [0.29, 0.717) is 34.3 Å². The van der Waals surface area contributed by atoms with E-state index in [1.807, 2.05) is 13.8 Å². The summed E-state index contributed by atoms with van der Waals surface area (Å²) in [4.78, 5) is 16.9. The van der Waals surface area contributed by atoms with Crippen LogP contribution in [-0.4, -0.2) is 16.0 Å². The first-order valence-corrected chi connectivity index (χ1v) is 10.0. The van der Waals surface area contributed by atoms with Crippen LogP contribution >= 0.6 is 11.3 Å². The van der Waals surface area contributed by atoms with Crippen LogP contribution in [-0.2, 0) is 6.61 Å². The van der Waals surface area contributed by atoms with Crippen LogP contribution in [0.15, 0.2) is 58.4 Å². The second-order valence-corrected chi connectivity index (χ2v) is 7.48. The Morgan fingerprint density at radius 3 is 2.70 bits per heavy atom. The summed E-state index contributed by atoms with van der Waals surface area (Å²) < 4.78 is 24.3. The molecular formula is C22H18FN3O3S. The van der Waals surface area contributed by atoms with Crippen LogP contribution in [0.5, 0.6) is 5.75 Å². The van der Waals surface area contributed by atoms with Gasteiger partial charge >= 0.3 is 0 Å². The lowest BCUT2D eigenvalue weighted by molar-refractivity contribution is 0.102. The van der Waals surface area contributed by atoms with Gasteiger partial charge in [0.1, 0.15) is 23.9 Å². The molecular weight excluding hydrogens is 405 g/mol. The van der Waals surface area contributed by atoms with Crippen molar-refractivity contribution in [3.63, 3.8) is 0 Å². The number of nitrogens with zero attached hydrogens (tertiary/aromatic N) is 2. The van der Waals surface area contributed by atoms with Crippen molar-refractivity contribution in [2.45, 2.75) is 20.5 Å². The number of benzene rings is 2. The second kappa shape index (κ2) is 8.46. The maximum atomic E-state index is 13.4. The molecule has 2 aromatic carbocycles. The first-order chi connectivity index (χ1) is 14.5. The molecule has 0 aliphatic rings. The maximum absolute atomic E-state index is 13.4. The maximum Gasteiger partial charge on any atom is 0.257 e. The molecule has 0 saturated heterocycles. The van der Waals surface area contributed by atoms with E-state index in [0.717, 1.165) is 17.0 Å². The lowest BCUT2D eigenvalue weighted by atomic mass is 10.2. The molecule has 4 rings (SSSR count). The zero-order chi connectivity index (χ0) is 21.1. The highest BCUT2D eigenvalue weighted by Gasteiger charge is 2.12. The third-order valence-electron chi connectivity index (χ3n) is 4.53. The lowest BCUT2D eigenvalue weighted by Gasteiger charge is -2.07. The highest BCUT2D eigenvalue weighted by atomic mass is 32.1. The summed E-state index contributed by atoms with van der Waals surface area (Å²) in [5, 5.41) is 8.88. The van der Waals surface area contributed by atoms with Gasteiger partial charge in [-0.3, -0.25) is 10.1 Å². The second-order valence-electron chi connectivity index (χ2n) is 6.62. The number of aromatic nitrogens is 2. The van der Waals surface area contributed by atoms with Crippen LogP contribution < -0.4 is 10.1 Å². The summed E-state index contributed by atoms with van der Waals surface area (Å²) in [6.45, 7) is 4.04. The first kappa shape index (κ1) is 19.8. The number of hydrogen-bond acceptors (Lipinski definition) is 6. The fourth-order valence-corrected chi connectivity index (χ4v) is 3.56. The third kappa shape index (κ3) is 4.38. The predicted molar refractivity (Wildman–Crippen MR) is 112 cm³/mol. The Labute approximate surface area is 176 Å². The Morgan fingerprint density at radius 2 is 2.00 bits per heavy atom. The molecule has 152 valence electrons. The van der Waals surface area contributed by atoms with Crippen molar-refractivity contribution in [1.29, 1.82) is 0 Å². The normalized spacial score (nSPS) is 10.8. The van der Waals surface area contributed by atoms with Gasteiger partial charge in [-0.1, -0.05) is 17.3 Å². The molecule has 1 N–H and O–H groups in total. The van der Waals surface area contributed by atoms with Crippen LogP contribution in [0.1, 0.15) is 27.4 Å². The van der Waals surface area contributed by atoms with Gasteiger partial charge in [0.25, 0.3) is 5.91 Å². The molecule has 8 heteroatoms. The van der Waals surface area contributed by atoms with Gasteiger partial charge in [0.2, 0.25) is 0 Å². The van der Waals surface area contributed by atoms with Gasteiger partial charge in [-0.15, -0.1) is 11.3 Å². The van der Waals surface area contributed by atoms with Crippen LogP contribution in [0.3, 0.4) is 0 Å². The van der Waals surface area contributed by atoms with Crippen molar-refractivity contribution in [2.24, 2.45) is 0 Å². The van der Waals surface area contributed by atoms with Gasteiger partial charge < -0.3 is 9.26 Å². The Balaban J connectivity index is 1.38. The van der Waals surface area contributed by atoms with Crippen LogP contribution in [0.4, 0.5) is 9.52 Å². The smallest absolute Gasteiger partial charge is 0.257 e. The number of amides is 1. The van der Waals surface area contributed by atoms with Crippen molar-refractivity contribution in [2.75, 3.05) is 5.32 Å². The molecule has 0 spiro atoms. The summed E-state index contributed by atoms with van der Waals surface area (Å²) in [5.74, 6) is 0.744. The highest BCUT2D eigenvalue weighted by molar-refractivity contribution is 7.14. The average Bonchev–Trinajstić information content (AvgIpc) is 3.33. The topological polar surface area (TPSA) is 77.2 Å². The zero-order valence-corrected chi connectivity index (χ0v) is 17.1. The van der Waals surface area contributed by atoms with E-state index in [4.69, 9.17) is 9.26 Å². The number of rotatable bonds is 6. The Hall–Kier alpha value is -3.52. The number of thiazole rings is 1. The van der Waals surface area contributed by atoms with Crippen LogP contribution in [0.2, 0.25) is 0 Å². The summed E-state index contributed by atoms with van der Waals surface area (Å²) in [5.41, 5.74) is 3.45. The first-order valence-electron chi connectivity index (χ1n) is 9.17. The molecule has 1 amide bonds. The largest absolute Gasteiger partial charge is 0.489 e. The standard InChI is InChI=1S/C22H18FN3O3S/c1-13-19(14(2)29-26-13)11-28-18-8-6-15(7-9-18)21(27)25-22-24-20(12-30-22)16-4-3-5-17(23)10-16/h3-10,12H,11H2,1-2H3,(H,24,25,27). The van der Waals surface area contributed by atoms with Crippen molar-refractivity contribution in [3.05, 3.63) is 82.3 Å². The van der Waals surface area contributed by atoms with Crippen LogP contribution in [0.25, 0.3) is 11.3 Å². The Morgan fingerprint density at radius 1 is 1.20 bits per heavy atom. The number of carbonyl (C=O) groups excluding carboxylic acids is 1. The molecule has 0 radical (unpaired) electrons. The molecule has 0 bridgehead atoms. The number of aryl methyl sites for hydroxylation is 2. The summed E-state index contributed by atoms with van der Waals surface area (Å²) >= 11 is 1.28. The zero-order valence-electron chi connectivity index (χ0n) is 16.3. The Bertz CT molecular complexity index is 1170. The fourth-order valence-electron chi connectivity index (χ4n) is 2.85. The van der Waals surface area contributed by atoms with Crippen molar-refractivity contribution in [3.8, 4) is 17.0 Å². The van der Waals surface area contributed by atoms with Crippen molar-refractivity contribution in [1.82, 2.24) is 10.1 Å². The number of carbonyl (C=O) groups is 1. The number of ether oxygens (including phenoxy) is 1. The van der Waals surface area contributed by atoms with E-state index in [-0.39, 0.29) is 11.7 Å². The molecule has 0 aliphatic heterocycles. The number of nitrogens with one attached hydrogen (secondary N) is 1. The average molecular weight is 423 g/mol. The SMILES string of the molecule is Cc1noc(C)c1COc1ccc(C(=O)Nc2nc(-c3cccc(F)c3)cs2)cc1. The number of anilines is 1. The molecule has 0 atom stereocenters. The third-order valence-corrected chi connectivity index (χ3v) is 5.28. The van der Waals surface area contributed by atoms with Crippen molar-refractivity contribution < 1.29 is 18.4 Å². The minimum absolute atomic E-state index is 0.285. The van der Waals surface area contributed by atoms with Crippen molar-refractivity contribution >= 4 is 22.4 Å². The molecule has 2 aromatic heterocycles. The van der Waals surface area contributed by atoms with E-state index in [9.17, 15) is 9.18 Å². The molecule has 0 aliphatic carbocycles. The van der Waals surface area contributed by atoms with Crippen LogP contribution in [0, 0.1) is 19.7 Å². The number of halogens is 1. The fraction of sp³-hybridized carbons (Fsp3) is 0.136. The predicted octanol–water partition coefficient (Wildman–Crippen LogP) is 5.39. The highest BCUT2D eigenvalue weighted by Crippen LogP contribution is 2.26. The molecule has 0 unspecified atom stereocenters. The summed E-state index contributed by atoms with van der Waals surface area (Å²) in [6, 6.07) is 13.0. The minimum atomic E-state index is -0.331. The lowest BCUT2D eigenvalue weighted by Crippen LogP contribution is -2.11. The van der Waals surface area contributed by atoms with E-state index in [2.05, 4.69) is 15.5 Å². The monoisotopic (exact) mass is 423 g/mol. The van der Waals surface area contributed by atoms with Gasteiger partial charge in [-0.2, -0.15) is 0 Å². The summed E-state index contributed by atoms with van der Waals surface area (Å²) in [7, 11) is 0. The van der Waals surface area contributed by atoms with E-state index in [1.165, 1.54) is 23.5 Å². The quantitative estimate of drug-likeness (QED) is 0.450. The molecule has 30 heavy (non-hydrogen) atoms.